The van der Waals surface area contributed by atoms with Crippen LogP contribution in [0.4, 0.5) is 0 Å². The van der Waals surface area contributed by atoms with Crippen molar-refractivity contribution in [3.63, 3.8) is 0 Å². The van der Waals surface area contributed by atoms with E-state index < -0.39 is 0 Å². The van der Waals surface area contributed by atoms with Crippen LogP contribution in [0.15, 0.2) is 231 Å². The molecule has 6 heteroatoms. The van der Waals surface area contributed by atoms with Crippen molar-refractivity contribution < 1.29 is 9.15 Å². The fraction of sp³-hybridized carbons (Fsp3) is 0.0806. The van der Waals surface area contributed by atoms with Crippen LogP contribution in [0, 0.1) is 6.92 Å². The van der Waals surface area contributed by atoms with Crippen molar-refractivity contribution in [1.29, 1.82) is 0 Å². The van der Waals surface area contributed by atoms with Gasteiger partial charge in [-0.25, -0.2) is 9.98 Å². The van der Waals surface area contributed by atoms with Gasteiger partial charge < -0.3 is 9.15 Å². The monoisotopic (exact) mass is 901 g/mol. The van der Waals surface area contributed by atoms with Crippen molar-refractivity contribution in [2.75, 3.05) is 6.61 Å². The summed E-state index contributed by atoms with van der Waals surface area (Å²) in [6, 6.07) is 60.5. The maximum atomic E-state index is 6.43. The minimum Gasteiger partial charge on any atom is -0.489 e. The van der Waals surface area contributed by atoms with Crippen molar-refractivity contribution >= 4 is 58.5 Å². The average molecular weight is 902 g/mol. The second kappa shape index (κ2) is 20.6. The lowest BCUT2D eigenvalue weighted by atomic mass is 9.93. The Labute approximate surface area is 404 Å². The average Bonchev–Trinajstić information content (AvgIpc) is 3.82. The van der Waals surface area contributed by atoms with Gasteiger partial charge in [-0.1, -0.05) is 196 Å². The number of amidine groups is 2. The molecule has 1 aromatic heterocycles. The summed E-state index contributed by atoms with van der Waals surface area (Å²) in [4.78, 5) is 15.5. The molecule has 5 nitrogen and oxygen atoms in total. The molecule has 0 saturated heterocycles. The van der Waals surface area contributed by atoms with Gasteiger partial charge in [-0.3, -0.25) is 4.99 Å². The number of benzene rings is 8. The second-order valence-electron chi connectivity index (χ2n) is 16.2. The molecule has 0 N–H and O–H groups in total. The van der Waals surface area contributed by atoms with Crippen LogP contribution in [0.1, 0.15) is 41.7 Å². The van der Waals surface area contributed by atoms with Crippen LogP contribution in [0.25, 0.3) is 72.0 Å². The molecule has 0 unspecified atom stereocenters. The van der Waals surface area contributed by atoms with E-state index in [2.05, 4.69) is 159 Å². The Morgan fingerprint density at radius 1 is 0.588 bits per heavy atom. The molecule has 2 heterocycles. The van der Waals surface area contributed by atoms with Crippen LogP contribution in [0.3, 0.4) is 0 Å². The van der Waals surface area contributed by atoms with Gasteiger partial charge >= 0.3 is 0 Å². The number of furan rings is 1. The summed E-state index contributed by atoms with van der Waals surface area (Å²) in [6.45, 7) is 15.2. The summed E-state index contributed by atoms with van der Waals surface area (Å²) >= 11 is 5.01. The predicted octanol–water partition coefficient (Wildman–Crippen LogP) is 16.5. The number of hydrogen-bond donors (Lipinski definition) is 1. The van der Waals surface area contributed by atoms with Crippen molar-refractivity contribution in [3.05, 3.63) is 235 Å². The summed E-state index contributed by atoms with van der Waals surface area (Å²) in [5.41, 5.74) is 16.2. The number of fused-ring (bicyclic) bond motifs is 4. The molecule has 0 saturated carbocycles. The standard InChI is InChI=1S/C60H45N3O2S.C2H6/c1-39-15-7-6-12-36-64-55-37-41(24-33-48(39)55)38-62-59(63-60(61-3)52-22-13-21-51(58(52)66)45-18-10-5-11-19-45)47-31-27-43(28-32-47)42-25-29-46(30-26-42)50-20-14-23-53-57(50)56-40(2)49(34-35-54(56)65-53)44-16-8-4-9-17-44;1-2/h4-35,37,66H,1,3,36,38H2,2H3;1-2H3/b12-6-,15-7-,62-59?,63-60?;. The van der Waals surface area contributed by atoms with E-state index in [1.54, 1.807) is 0 Å². The molecule has 332 valence electrons. The lowest BCUT2D eigenvalue weighted by molar-refractivity contribution is 0.361. The van der Waals surface area contributed by atoms with E-state index in [4.69, 9.17) is 31.8 Å². The lowest BCUT2D eigenvalue weighted by Crippen LogP contribution is -2.07. The minimum atomic E-state index is 0.352. The highest BCUT2D eigenvalue weighted by molar-refractivity contribution is 7.80. The topological polar surface area (TPSA) is 59.5 Å². The van der Waals surface area contributed by atoms with E-state index in [-0.39, 0.29) is 0 Å². The SMILES string of the molecule is C=NC(=NC(=NCc1ccc2c(c1)OC/C=C\C=C/C2=C)c1ccc(-c2ccc(-c3cccc4oc5ccc(-c6ccccc6)c(C)c5c34)cc2)cc1)c1cccc(-c2ccccc2)c1S.CC. The van der Waals surface area contributed by atoms with Gasteiger partial charge in [-0.05, 0) is 99.1 Å². The molecule has 0 radical (unpaired) electrons. The summed E-state index contributed by atoms with van der Waals surface area (Å²) in [6.07, 6.45) is 7.92. The number of aliphatic imine (C=N–C) groups is 3. The van der Waals surface area contributed by atoms with Crippen molar-refractivity contribution in [3.8, 4) is 50.3 Å². The summed E-state index contributed by atoms with van der Waals surface area (Å²) in [5, 5.41) is 2.27. The van der Waals surface area contributed by atoms with E-state index in [1.807, 2.05) is 80.6 Å². The van der Waals surface area contributed by atoms with Crippen LogP contribution < -0.4 is 4.74 Å². The molecule has 68 heavy (non-hydrogen) atoms. The fourth-order valence-electron chi connectivity index (χ4n) is 8.70. The molecule has 0 aliphatic carbocycles. The van der Waals surface area contributed by atoms with E-state index in [0.717, 1.165) is 93.8 Å². The zero-order valence-corrected chi connectivity index (χ0v) is 39.4. The lowest BCUT2D eigenvalue weighted by Gasteiger charge is -2.13. The molecule has 0 spiro atoms. The molecule has 10 rings (SSSR count). The summed E-state index contributed by atoms with van der Waals surface area (Å²) in [5.74, 6) is 1.70. The van der Waals surface area contributed by atoms with Crippen molar-refractivity contribution in [2.45, 2.75) is 32.2 Å². The van der Waals surface area contributed by atoms with Crippen LogP contribution in [0.2, 0.25) is 0 Å². The largest absolute Gasteiger partial charge is 0.489 e. The molecule has 0 atom stereocenters. The van der Waals surface area contributed by atoms with E-state index >= 15 is 0 Å². The maximum absolute atomic E-state index is 6.43. The van der Waals surface area contributed by atoms with Crippen molar-refractivity contribution in [1.82, 2.24) is 0 Å². The number of allylic oxidation sites excluding steroid dienone is 4. The van der Waals surface area contributed by atoms with Crippen LogP contribution in [-0.2, 0) is 6.54 Å². The molecule has 0 amide bonds. The molecule has 0 fully saturated rings. The Balaban J connectivity index is 0.00000285. The number of ether oxygens (including phenoxy) is 1. The van der Waals surface area contributed by atoms with Gasteiger partial charge in [-0.15, -0.1) is 12.6 Å². The highest BCUT2D eigenvalue weighted by Gasteiger charge is 2.18. The van der Waals surface area contributed by atoms with Gasteiger partial charge in [-0.2, -0.15) is 0 Å². The third-order valence-electron chi connectivity index (χ3n) is 12.1. The molecule has 0 bridgehead atoms. The third-order valence-corrected chi connectivity index (χ3v) is 12.6. The molecular formula is C62H51N3O2S. The summed E-state index contributed by atoms with van der Waals surface area (Å²) < 4.78 is 12.6. The first-order valence-electron chi connectivity index (χ1n) is 22.9. The second-order valence-corrected chi connectivity index (χ2v) is 16.6. The molecule has 1 aliphatic rings. The number of hydrogen-bond acceptors (Lipinski definition) is 4. The number of thiol groups is 1. The zero-order valence-electron chi connectivity index (χ0n) is 38.5. The Hall–Kier alpha value is -8.06. The molecule has 9 aromatic rings. The highest BCUT2D eigenvalue weighted by atomic mass is 32.1. The Morgan fingerprint density at radius 3 is 1.93 bits per heavy atom. The molecule has 1 aliphatic heterocycles. The first-order valence-corrected chi connectivity index (χ1v) is 23.4. The fourth-order valence-corrected chi connectivity index (χ4v) is 9.07. The Bertz CT molecular complexity index is 3420. The van der Waals surface area contributed by atoms with Gasteiger partial charge in [0.15, 0.2) is 11.7 Å². The normalized spacial score (nSPS) is 13.6. The Morgan fingerprint density at radius 2 is 1.21 bits per heavy atom. The van der Waals surface area contributed by atoms with E-state index in [1.165, 1.54) is 16.7 Å². The first-order chi connectivity index (χ1) is 33.4. The van der Waals surface area contributed by atoms with Crippen LogP contribution >= 0.6 is 12.6 Å². The number of nitrogens with zero attached hydrogens (tertiary/aromatic N) is 3. The third kappa shape index (κ3) is 9.32. The van der Waals surface area contributed by atoms with E-state index in [0.29, 0.717) is 24.8 Å². The van der Waals surface area contributed by atoms with Crippen LogP contribution in [0.5, 0.6) is 5.75 Å². The zero-order chi connectivity index (χ0) is 47.0. The maximum Gasteiger partial charge on any atom is 0.162 e. The van der Waals surface area contributed by atoms with Gasteiger partial charge in [0.2, 0.25) is 0 Å². The molecule has 8 aromatic carbocycles. The first kappa shape index (κ1) is 45.1. The van der Waals surface area contributed by atoms with Gasteiger partial charge in [0.05, 0.1) is 6.54 Å². The van der Waals surface area contributed by atoms with Gasteiger partial charge in [0.25, 0.3) is 0 Å². The van der Waals surface area contributed by atoms with Crippen LogP contribution in [-0.4, -0.2) is 25.0 Å². The quantitative estimate of drug-likeness (QED) is 0.0938. The number of aryl methyl sites for hydroxylation is 1. The Kier molecular flexibility index (Phi) is 13.7. The molecular weight excluding hydrogens is 851 g/mol. The highest BCUT2D eigenvalue weighted by Crippen LogP contribution is 2.41. The van der Waals surface area contributed by atoms with E-state index in [9.17, 15) is 0 Å². The summed E-state index contributed by atoms with van der Waals surface area (Å²) in [7, 11) is 0. The predicted molar refractivity (Wildman–Crippen MR) is 291 cm³/mol. The minimum absolute atomic E-state index is 0.352. The van der Waals surface area contributed by atoms with Crippen molar-refractivity contribution in [2.24, 2.45) is 15.0 Å². The van der Waals surface area contributed by atoms with Gasteiger partial charge in [0.1, 0.15) is 23.5 Å². The van der Waals surface area contributed by atoms with Gasteiger partial charge in [0, 0.05) is 32.4 Å². The smallest absolute Gasteiger partial charge is 0.162 e. The number of rotatable bonds is 8.